The van der Waals surface area contributed by atoms with Gasteiger partial charge in [0, 0.05) is 31.7 Å². The van der Waals surface area contributed by atoms with E-state index in [0.29, 0.717) is 32.8 Å². The molecule has 2 aromatic rings. The Kier molecular flexibility index (Phi) is 9.75. The first-order chi connectivity index (χ1) is 15.2. The van der Waals surface area contributed by atoms with Crippen LogP contribution in [0.3, 0.4) is 0 Å². The molecule has 3 rings (SSSR count). The van der Waals surface area contributed by atoms with Crippen LogP contribution in [0.4, 0.5) is 10.5 Å². The highest BCUT2D eigenvalue weighted by Gasteiger charge is 2.23. The molecule has 2 aromatic carbocycles. The second kappa shape index (κ2) is 13.0. The van der Waals surface area contributed by atoms with Gasteiger partial charge in [-0.2, -0.15) is 0 Å². The normalized spacial score (nSPS) is 19.5. The van der Waals surface area contributed by atoms with E-state index in [1.165, 1.54) is 5.56 Å². The Morgan fingerprint density at radius 1 is 1.03 bits per heavy atom. The van der Waals surface area contributed by atoms with Crippen molar-refractivity contribution in [3.8, 4) is 0 Å². The van der Waals surface area contributed by atoms with Gasteiger partial charge < -0.3 is 35.3 Å². The maximum absolute atomic E-state index is 11.8. The van der Waals surface area contributed by atoms with Gasteiger partial charge in [-0.3, -0.25) is 0 Å². The number of urea groups is 1. The van der Waals surface area contributed by atoms with Crippen molar-refractivity contribution in [2.75, 3.05) is 44.8 Å². The monoisotopic (exact) mass is 429 g/mol. The first-order valence-electron chi connectivity index (χ1n) is 10.6. The summed E-state index contributed by atoms with van der Waals surface area (Å²) in [5.41, 5.74) is 1.95. The number of hydrogen-bond donors (Lipinski definition) is 4. The van der Waals surface area contributed by atoms with E-state index < -0.39 is 12.4 Å². The molecular formula is C23H31N3O5. The SMILES string of the molecule is O=C(NCCNCC(O)COC1COC(Cc2ccccc2)CO1)Nc1ccccc1. The Morgan fingerprint density at radius 2 is 1.77 bits per heavy atom. The molecule has 0 saturated carbocycles. The summed E-state index contributed by atoms with van der Waals surface area (Å²) >= 11 is 0. The lowest BCUT2D eigenvalue weighted by Gasteiger charge is -2.30. The van der Waals surface area contributed by atoms with E-state index in [2.05, 4.69) is 28.1 Å². The number of aliphatic hydroxyl groups excluding tert-OH is 1. The van der Waals surface area contributed by atoms with Gasteiger partial charge in [0.05, 0.1) is 32.0 Å². The summed E-state index contributed by atoms with van der Waals surface area (Å²) in [7, 11) is 0. The number of aliphatic hydroxyl groups is 1. The molecule has 8 heteroatoms. The molecule has 31 heavy (non-hydrogen) atoms. The first kappa shape index (κ1) is 23.2. The quantitative estimate of drug-likeness (QED) is 0.406. The Balaban J connectivity index is 1.19. The molecule has 0 aromatic heterocycles. The molecule has 1 fully saturated rings. The summed E-state index contributed by atoms with van der Waals surface area (Å²) in [6.45, 7) is 2.28. The van der Waals surface area contributed by atoms with E-state index in [9.17, 15) is 9.90 Å². The molecule has 2 amide bonds. The lowest BCUT2D eigenvalue weighted by molar-refractivity contribution is -0.239. The molecule has 0 spiro atoms. The van der Waals surface area contributed by atoms with Crippen LogP contribution in [0.1, 0.15) is 5.56 Å². The summed E-state index contributed by atoms with van der Waals surface area (Å²) in [6.07, 6.45) is -0.327. The molecule has 1 aliphatic rings. The lowest BCUT2D eigenvalue weighted by Crippen LogP contribution is -2.41. The molecule has 1 aliphatic heterocycles. The Bertz CT molecular complexity index is 754. The number of benzene rings is 2. The van der Waals surface area contributed by atoms with Gasteiger partial charge in [0.2, 0.25) is 0 Å². The number of hydrogen-bond acceptors (Lipinski definition) is 6. The van der Waals surface area contributed by atoms with Crippen molar-refractivity contribution in [3.63, 3.8) is 0 Å². The van der Waals surface area contributed by atoms with E-state index in [-0.39, 0.29) is 18.7 Å². The zero-order valence-electron chi connectivity index (χ0n) is 17.5. The molecule has 1 saturated heterocycles. The minimum absolute atomic E-state index is 0.0143. The number of carbonyl (C=O) groups excluding carboxylic acids is 1. The highest BCUT2D eigenvalue weighted by molar-refractivity contribution is 5.89. The van der Waals surface area contributed by atoms with Crippen molar-refractivity contribution < 1.29 is 24.1 Å². The largest absolute Gasteiger partial charge is 0.389 e. The van der Waals surface area contributed by atoms with Crippen LogP contribution in [-0.4, -0.2) is 69.1 Å². The number of rotatable bonds is 11. The second-order valence-corrected chi connectivity index (χ2v) is 7.35. The molecule has 3 atom stereocenters. The molecule has 1 heterocycles. The smallest absolute Gasteiger partial charge is 0.319 e. The fourth-order valence-electron chi connectivity index (χ4n) is 3.12. The Morgan fingerprint density at radius 3 is 2.48 bits per heavy atom. The van der Waals surface area contributed by atoms with E-state index >= 15 is 0 Å². The fourth-order valence-corrected chi connectivity index (χ4v) is 3.12. The molecular weight excluding hydrogens is 398 g/mol. The van der Waals surface area contributed by atoms with Crippen molar-refractivity contribution in [1.29, 1.82) is 0 Å². The second-order valence-electron chi connectivity index (χ2n) is 7.35. The number of amides is 2. The average Bonchev–Trinajstić information content (AvgIpc) is 2.80. The van der Waals surface area contributed by atoms with Gasteiger partial charge in [0.15, 0.2) is 6.29 Å². The van der Waals surface area contributed by atoms with E-state index in [1.807, 2.05) is 48.5 Å². The van der Waals surface area contributed by atoms with E-state index in [1.54, 1.807) is 0 Å². The Hall–Kier alpha value is -2.49. The number of para-hydroxylation sites is 1. The van der Waals surface area contributed by atoms with Gasteiger partial charge in [0.25, 0.3) is 0 Å². The van der Waals surface area contributed by atoms with E-state index in [0.717, 1.165) is 12.1 Å². The van der Waals surface area contributed by atoms with Crippen LogP contribution in [0.15, 0.2) is 60.7 Å². The number of anilines is 1. The van der Waals surface area contributed by atoms with Gasteiger partial charge >= 0.3 is 6.03 Å². The van der Waals surface area contributed by atoms with Gasteiger partial charge in [-0.1, -0.05) is 48.5 Å². The van der Waals surface area contributed by atoms with Crippen LogP contribution in [0.5, 0.6) is 0 Å². The summed E-state index contributed by atoms with van der Waals surface area (Å²) in [5.74, 6) is 0. The number of carbonyl (C=O) groups is 1. The number of ether oxygens (including phenoxy) is 3. The molecule has 4 N–H and O–H groups in total. The fraction of sp³-hybridized carbons (Fsp3) is 0.435. The zero-order chi connectivity index (χ0) is 21.7. The van der Waals surface area contributed by atoms with Crippen LogP contribution in [0.25, 0.3) is 0 Å². The maximum atomic E-state index is 11.8. The molecule has 0 radical (unpaired) electrons. The summed E-state index contributed by atoms with van der Waals surface area (Å²) in [5, 5.41) is 18.6. The molecule has 168 valence electrons. The van der Waals surface area contributed by atoms with Gasteiger partial charge in [-0.05, 0) is 17.7 Å². The van der Waals surface area contributed by atoms with Crippen molar-refractivity contribution in [2.24, 2.45) is 0 Å². The standard InChI is InChI=1S/C23H31N3O5/c27-20(14-24-11-12-25-23(28)26-19-9-5-2-6-10-19)15-30-22-17-29-21(16-31-22)13-18-7-3-1-4-8-18/h1-10,20-22,24,27H,11-17H2,(H2,25,26,28). The highest BCUT2D eigenvalue weighted by Crippen LogP contribution is 2.13. The van der Waals surface area contributed by atoms with Crippen LogP contribution in [0, 0.1) is 0 Å². The third-order valence-electron chi connectivity index (χ3n) is 4.72. The molecule has 0 bridgehead atoms. The van der Waals surface area contributed by atoms with Gasteiger partial charge in [-0.15, -0.1) is 0 Å². The van der Waals surface area contributed by atoms with Crippen LogP contribution in [0.2, 0.25) is 0 Å². The molecule has 8 nitrogen and oxygen atoms in total. The first-order valence-corrected chi connectivity index (χ1v) is 10.6. The summed E-state index contributed by atoms with van der Waals surface area (Å²) in [6, 6.07) is 19.1. The third-order valence-corrected chi connectivity index (χ3v) is 4.72. The van der Waals surface area contributed by atoms with Crippen LogP contribution < -0.4 is 16.0 Å². The van der Waals surface area contributed by atoms with Crippen LogP contribution in [-0.2, 0) is 20.6 Å². The molecule has 0 aliphatic carbocycles. The topological polar surface area (TPSA) is 101 Å². The lowest BCUT2D eigenvalue weighted by atomic mass is 10.1. The van der Waals surface area contributed by atoms with Crippen LogP contribution >= 0.6 is 0 Å². The Labute approximate surface area is 182 Å². The van der Waals surface area contributed by atoms with Crippen molar-refractivity contribution in [3.05, 3.63) is 66.2 Å². The summed E-state index contributed by atoms with van der Waals surface area (Å²) in [4.78, 5) is 11.8. The molecule has 3 unspecified atom stereocenters. The minimum atomic E-state index is -0.677. The van der Waals surface area contributed by atoms with Crippen molar-refractivity contribution in [1.82, 2.24) is 10.6 Å². The predicted octanol–water partition coefficient (Wildman–Crippen LogP) is 1.76. The van der Waals surface area contributed by atoms with Crippen molar-refractivity contribution in [2.45, 2.75) is 24.9 Å². The predicted molar refractivity (Wildman–Crippen MR) is 118 cm³/mol. The number of nitrogens with one attached hydrogen (secondary N) is 3. The minimum Gasteiger partial charge on any atom is -0.389 e. The maximum Gasteiger partial charge on any atom is 0.319 e. The van der Waals surface area contributed by atoms with Crippen molar-refractivity contribution >= 4 is 11.7 Å². The van der Waals surface area contributed by atoms with Gasteiger partial charge in [0.1, 0.15) is 0 Å². The summed E-state index contributed by atoms with van der Waals surface area (Å²) < 4.78 is 17.1. The van der Waals surface area contributed by atoms with E-state index in [4.69, 9.17) is 14.2 Å². The highest BCUT2D eigenvalue weighted by atomic mass is 16.7. The van der Waals surface area contributed by atoms with Gasteiger partial charge in [-0.25, -0.2) is 4.79 Å². The zero-order valence-corrected chi connectivity index (χ0v) is 17.5. The average molecular weight is 430 g/mol. The third kappa shape index (κ3) is 9.04.